The predicted molar refractivity (Wildman–Crippen MR) is 59.8 cm³/mol. The fourth-order valence-corrected chi connectivity index (χ4v) is 1.42. The summed E-state index contributed by atoms with van der Waals surface area (Å²) in [5, 5.41) is 0. The van der Waals surface area contributed by atoms with Gasteiger partial charge in [0.05, 0.1) is 0 Å². The molecule has 0 saturated carbocycles. The zero-order valence-electron chi connectivity index (χ0n) is 9.64. The van der Waals surface area contributed by atoms with E-state index in [4.69, 9.17) is 0 Å². The van der Waals surface area contributed by atoms with Crippen molar-refractivity contribution < 1.29 is 0 Å². The third kappa shape index (κ3) is 4.94. The van der Waals surface area contributed by atoms with Crippen LogP contribution in [0.2, 0.25) is 0 Å². The standard InChI is InChI=1S/C11H24N2/c1-6-12(7-2)9-10-13(8-3)11(4)5/h4,6-10H2,1-3,5H3. The average Bonchev–Trinajstić information content (AvgIpc) is 2.12. The van der Waals surface area contributed by atoms with Crippen molar-refractivity contribution >= 4 is 0 Å². The predicted octanol–water partition coefficient (Wildman–Crippen LogP) is 2.18. The van der Waals surface area contributed by atoms with Gasteiger partial charge in [0, 0.05) is 25.3 Å². The lowest BCUT2D eigenvalue weighted by Gasteiger charge is -2.26. The summed E-state index contributed by atoms with van der Waals surface area (Å²) < 4.78 is 0. The molecule has 0 fully saturated rings. The Hall–Kier alpha value is -0.500. The molecule has 2 heteroatoms. The smallest absolute Gasteiger partial charge is 0.0302 e. The van der Waals surface area contributed by atoms with E-state index in [-0.39, 0.29) is 0 Å². The molecule has 0 radical (unpaired) electrons. The highest BCUT2D eigenvalue weighted by Crippen LogP contribution is 1.99. The largest absolute Gasteiger partial charge is 0.375 e. The van der Waals surface area contributed by atoms with Crippen LogP contribution in [0.3, 0.4) is 0 Å². The van der Waals surface area contributed by atoms with E-state index in [0.29, 0.717) is 0 Å². The summed E-state index contributed by atoms with van der Waals surface area (Å²) >= 11 is 0. The molecule has 0 bridgehead atoms. The topological polar surface area (TPSA) is 6.48 Å². The molecule has 2 nitrogen and oxygen atoms in total. The summed E-state index contributed by atoms with van der Waals surface area (Å²) in [4.78, 5) is 4.75. The number of hydrogen-bond donors (Lipinski definition) is 0. The second-order valence-electron chi connectivity index (χ2n) is 3.34. The van der Waals surface area contributed by atoms with Crippen LogP contribution < -0.4 is 0 Å². The zero-order chi connectivity index (χ0) is 10.3. The van der Waals surface area contributed by atoms with E-state index in [0.717, 1.165) is 32.7 Å². The molecule has 0 aliphatic rings. The first kappa shape index (κ1) is 12.5. The summed E-state index contributed by atoms with van der Waals surface area (Å²) in [5.41, 5.74) is 1.18. The van der Waals surface area contributed by atoms with Crippen LogP contribution >= 0.6 is 0 Å². The van der Waals surface area contributed by atoms with E-state index in [9.17, 15) is 0 Å². The number of likely N-dealkylation sites (N-methyl/N-ethyl adjacent to an activating group) is 2. The highest BCUT2D eigenvalue weighted by molar-refractivity contribution is 4.87. The van der Waals surface area contributed by atoms with E-state index in [2.05, 4.69) is 44.1 Å². The third-order valence-electron chi connectivity index (χ3n) is 2.50. The van der Waals surface area contributed by atoms with Gasteiger partial charge in [0.2, 0.25) is 0 Å². The van der Waals surface area contributed by atoms with Gasteiger partial charge in [-0.1, -0.05) is 20.4 Å². The minimum absolute atomic E-state index is 1.07. The van der Waals surface area contributed by atoms with Crippen molar-refractivity contribution in [2.45, 2.75) is 27.7 Å². The van der Waals surface area contributed by atoms with Crippen LogP contribution in [0.5, 0.6) is 0 Å². The fraction of sp³-hybridized carbons (Fsp3) is 0.818. The van der Waals surface area contributed by atoms with Gasteiger partial charge in [0.15, 0.2) is 0 Å². The van der Waals surface area contributed by atoms with Crippen molar-refractivity contribution in [3.05, 3.63) is 12.3 Å². The number of rotatable bonds is 7. The van der Waals surface area contributed by atoms with Crippen LogP contribution in [0, 0.1) is 0 Å². The minimum atomic E-state index is 1.07. The Morgan fingerprint density at radius 3 is 1.85 bits per heavy atom. The summed E-state index contributed by atoms with van der Waals surface area (Å²) in [7, 11) is 0. The summed E-state index contributed by atoms with van der Waals surface area (Å²) in [6.45, 7) is 18.2. The first-order valence-corrected chi connectivity index (χ1v) is 5.28. The van der Waals surface area contributed by atoms with Crippen molar-refractivity contribution in [3.63, 3.8) is 0 Å². The molecule has 0 aromatic heterocycles. The summed E-state index contributed by atoms with van der Waals surface area (Å²) in [6, 6.07) is 0. The lowest BCUT2D eigenvalue weighted by Crippen LogP contribution is -2.33. The summed E-state index contributed by atoms with van der Waals surface area (Å²) in [6.07, 6.45) is 0. The second kappa shape index (κ2) is 6.96. The van der Waals surface area contributed by atoms with Gasteiger partial charge in [-0.25, -0.2) is 0 Å². The van der Waals surface area contributed by atoms with Gasteiger partial charge in [-0.15, -0.1) is 0 Å². The molecule has 0 aliphatic carbocycles. The fourth-order valence-electron chi connectivity index (χ4n) is 1.42. The molecule has 0 aliphatic heterocycles. The number of hydrogen-bond acceptors (Lipinski definition) is 2. The lowest BCUT2D eigenvalue weighted by atomic mass is 10.4. The minimum Gasteiger partial charge on any atom is -0.375 e. The van der Waals surface area contributed by atoms with E-state index < -0.39 is 0 Å². The van der Waals surface area contributed by atoms with Crippen LogP contribution in [-0.4, -0.2) is 42.5 Å². The van der Waals surface area contributed by atoms with Crippen molar-refractivity contribution in [1.29, 1.82) is 0 Å². The van der Waals surface area contributed by atoms with E-state index in [1.807, 2.05) is 0 Å². The Labute approximate surface area is 83.2 Å². The van der Waals surface area contributed by atoms with Crippen LogP contribution in [0.4, 0.5) is 0 Å². The van der Waals surface area contributed by atoms with Crippen LogP contribution in [0.1, 0.15) is 27.7 Å². The molecular formula is C11H24N2. The van der Waals surface area contributed by atoms with E-state index in [1.54, 1.807) is 0 Å². The molecule has 0 amide bonds. The van der Waals surface area contributed by atoms with Gasteiger partial charge in [-0.3, -0.25) is 0 Å². The molecule has 0 heterocycles. The maximum Gasteiger partial charge on any atom is 0.0302 e. The lowest BCUT2D eigenvalue weighted by molar-refractivity contribution is 0.251. The normalized spacial score (nSPS) is 10.5. The second-order valence-corrected chi connectivity index (χ2v) is 3.34. The highest BCUT2D eigenvalue weighted by Gasteiger charge is 2.03. The Morgan fingerprint density at radius 1 is 1.00 bits per heavy atom. The van der Waals surface area contributed by atoms with Crippen molar-refractivity contribution in [2.75, 3.05) is 32.7 Å². The maximum atomic E-state index is 3.96. The van der Waals surface area contributed by atoms with Gasteiger partial charge in [-0.05, 0) is 26.9 Å². The van der Waals surface area contributed by atoms with Gasteiger partial charge in [0.1, 0.15) is 0 Å². The monoisotopic (exact) mass is 184 g/mol. The first-order valence-electron chi connectivity index (χ1n) is 5.28. The molecule has 0 atom stereocenters. The Balaban J connectivity index is 3.76. The Kier molecular flexibility index (Phi) is 6.69. The molecule has 0 unspecified atom stereocenters. The number of nitrogens with zero attached hydrogens (tertiary/aromatic N) is 2. The molecule has 13 heavy (non-hydrogen) atoms. The molecular weight excluding hydrogens is 160 g/mol. The molecule has 0 saturated heterocycles. The van der Waals surface area contributed by atoms with Crippen molar-refractivity contribution in [2.24, 2.45) is 0 Å². The van der Waals surface area contributed by atoms with E-state index >= 15 is 0 Å². The van der Waals surface area contributed by atoms with Gasteiger partial charge in [0.25, 0.3) is 0 Å². The van der Waals surface area contributed by atoms with Crippen molar-refractivity contribution in [3.8, 4) is 0 Å². The highest BCUT2D eigenvalue weighted by atomic mass is 15.2. The van der Waals surface area contributed by atoms with Gasteiger partial charge < -0.3 is 9.80 Å². The van der Waals surface area contributed by atoms with Crippen LogP contribution in [-0.2, 0) is 0 Å². The maximum absolute atomic E-state index is 3.96. The molecule has 0 aromatic carbocycles. The molecule has 0 N–H and O–H groups in total. The summed E-state index contributed by atoms with van der Waals surface area (Å²) in [5.74, 6) is 0. The average molecular weight is 184 g/mol. The third-order valence-corrected chi connectivity index (χ3v) is 2.50. The van der Waals surface area contributed by atoms with Crippen LogP contribution in [0.25, 0.3) is 0 Å². The van der Waals surface area contributed by atoms with Gasteiger partial charge in [-0.2, -0.15) is 0 Å². The Morgan fingerprint density at radius 2 is 1.54 bits per heavy atom. The zero-order valence-corrected chi connectivity index (χ0v) is 9.64. The molecule has 0 aromatic rings. The SMILES string of the molecule is C=C(C)N(CC)CCN(CC)CC. The molecule has 78 valence electrons. The molecule has 0 rings (SSSR count). The molecule has 0 spiro atoms. The number of allylic oxidation sites excluding steroid dienone is 1. The Bertz CT molecular complexity index is 139. The van der Waals surface area contributed by atoms with Crippen molar-refractivity contribution in [1.82, 2.24) is 9.80 Å². The van der Waals surface area contributed by atoms with Crippen LogP contribution in [0.15, 0.2) is 12.3 Å². The first-order chi connectivity index (χ1) is 6.15. The van der Waals surface area contributed by atoms with E-state index in [1.165, 1.54) is 5.70 Å². The quantitative estimate of drug-likeness (QED) is 0.598. The van der Waals surface area contributed by atoms with Gasteiger partial charge >= 0.3 is 0 Å².